The van der Waals surface area contributed by atoms with E-state index in [1.807, 2.05) is 43.5 Å². The third-order valence-electron chi connectivity index (χ3n) is 3.36. The van der Waals surface area contributed by atoms with Crippen LogP contribution < -0.4 is 5.32 Å². The minimum Gasteiger partial charge on any atom is -0.394 e. The van der Waals surface area contributed by atoms with Crippen molar-refractivity contribution in [2.45, 2.75) is 13.0 Å². The minimum atomic E-state index is -0.191. The van der Waals surface area contributed by atoms with E-state index in [2.05, 4.69) is 20.3 Å². The molecule has 1 aromatic carbocycles. The van der Waals surface area contributed by atoms with Crippen molar-refractivity contribution < 1.29 is 5.11 Å². The largest absolute Gasteiger partial charge is 0.394 e. The average Bonchev–Trinajstić information content (AvgIpc) is 2.88. The number of aliphatic hydroxyl groups excluding tert-OH is 1. The van der Waals surface area contributed by atoms with Crippen molar-refractivity contribution in [3.05, 3.63) is 54.0 Å². The fourth-order valence-corrected chi connectivity index (χ4v) is 2.31. The minimum absolute atomic E-state index is 0.00101. The summed E-state index contributed by atoms with van der Waals surface area (Å²) in [5, 5.41) is 13.9. The Bertz CT molecular complexity index is 708. The molecule has 102 valence electrons. The zero-order valence-corrected chi connectivity index (χ0v) is 11.2. The number of anilines is 1. The molecule has 0 saturated heterocycles. The summed E-state index contributed by atoms with van der Waals surface area (Å²) in [6, 6.07) is 9.64. The van der Waals surface area contributed by atoms with Crippen LogP contribution in [-0.4, -0.2) is 26.7 Å². The van der Waals surface area contributed by atoms with Gasteiger partial charge in [0.2, 0.25) is 0 Å². The zero-order valence-electron chi connectivity index (χ0n) is 11.2. The van der Waals surface area contributed by atoms with Gasteiger partial charge in [-0.3, -0.25) is 0 Å². The maximum Gasteiger partial charge on any atom is 0.143 e. The monoisotopic (exact) mass is 268 g/mol. The Labute approximate surface area is 116 Å². The van der Waals surface area contributed by atoms with Gasteiger partial charge in [0.05, 0.1) is 18.0 Å². The quantitative estimate of drug-likeness (QED) is 0.679. The summed E-state index contributed by atoms with van der Waals surface area (Å²) in [5.74, 6) is 0.733. The highest BCUT2D eigenvalue weighted by Gasteiger charge is 2.14. The van der Waals surface area contributed by atoms with Gasteiger partial charge in [-0.1, -0.05) is 30.3 Å². The maximum atomic E-state index is 9.62. The summed E-state index contributed by atoms with van der Waals surface area (Å²) in [7, 11) is 0. The van der Waals surface area contributed by atoms with Crippen LogP contribution in [0, 0.1) is 6.92 Å². The molecule has 20 heavy (non-hydrogen) atoms. The summed E-state index contributed by atoms with van der Waals surface area (Å²) in [4.78, 5) is 11.6. The summed E-state index contributed by atoms with van der Waals surface area (Å²) < 4.78 is 0. The van der Waals surface area contributed by atoms with Gasteiger partial charge in [-0.05, 0) is 18.1 Å². The Morgan fingerprint density at radius 1 is 1.25 bits per heavy atom. The van der Waals surface area contributed by atoms with Crippen molar-refractivity contribution in [2.24, 2.45) is 0 Å². The Balaban J connectivity index is 1.98. The molecular weight excluding hydrogens is 252 g/mol. The van der Waals surface area contributed by atoms with Crippen LogP contribution in [-0.2, 0) is 0 Å². The fourth-order valence-electron chi connectivity index (χ4n) is 2.31. The molecule has 3 N–H and O–H groups in total. The molecule has 2 heterocycles. The van der Waals surface area contributed by atoms with E-state index in [4.69, 9.17) is 0 Å². The molecule has 1 atom stereocenters. The summed E-state index contributed by atoms with van der Waals surface area (Å²) in [6.45, 7) is 2.00. The Hall–Kier alpha value is -2.40. The van der Waals surface area contributed by atoms with E-state index in [1.54, 1.807) is 0 Å². The second-order valence-corrected chi connectivity index (χ2v) is 4.71. The number of rotatable bonds is 4. The number of aromatic amines is 1. The van der Waals surface area contributed by atoms with E-state index >= 15 is 0 Å². The van der Waals surface area contributed by atoms with Crippen molar-refractivity contribution in [3.8, 4) is 0 Å². The first-order valence-corrected chi connectivity index (χ1v) is 6.50. The number of benzene rings is 1. The van der Waals surface area contributed by atoms with Gasteiger partial charge >= 0.3 is 0 Å². The molecule has 0 spiro atoms. The molecule has 5 heteroatoms. The van der Waals surface area contributed by atoms with Crippen LogP contribution in [0.5, 0.6) is 0 Å². The summed E-state index contributed by atoms with van der Waals surface area (Å²) in [5.41, 5.74) is 2.90. The lowest BCUT2D eigenvalue weighted by Gasteiger charge is -2.17. The van der Waals surface area contributed by atoms with E-state index in [1.165, 1.54) is 6.33 Å². The number of hydrogen-bond acceptors (Lipinski definition) is 4. The lowest BCUT2D eigenvalue weighted by Crippen LogP contribution is -2.15. The van der Waals surface area contributed by atoms with E-state index in [0.29, 0.717) is 0 Å². The molecule has 0 aliphatic carbocycles. The highest BCUT2D eigenvalue weighted by molar-refractivity contribution is 5.90. The van der Waals surface area contributed by atoms with E-state index in [9.17, 15) is 5.11 Å². The number of aryl methyl sites for hydroxylation is 1. The lowest BCUT2D eigenvalue weighted by atomic mass is 10.1. The molecule has 0 saturated carbocycles. The van der Waals surface area contributed by atoms with Crippen LogP contribution in [0.2, 0.25) is 0 Å². The zero-order chi connectivity index (χ0) is 13.9. The Kier molecular flexibility index (Phi) is 3.35. The molecule has 0 bridgehead atoms. The van der Waals surface area contributed by atoms with Crippen molar-refractivity contribution in [3.63, 3.8) is 0 Å². The first-order valence-electron chi connectivity index (χ1n) is 6.50. The molecule has 0 fully saturated rings. The van der Waals surface area contributed by atoms with Crippen LogP contribution in [0.15, 0.2) is 42.9 Å². The normalized spacial score (nSPS) is 12.5. The highest BCUT2D eigenvalue weighted by Crippen LogP contribution is 2.26. The Morgan fingerprint density at radius 2 is 2.05 bits per heavy atom. The van der Waals surface area contributed by atoms with Crippen molar-refractivity contribution in [1.82, 2.24) is 15.0 Å². The molecule has 3 rings (SSSR count). The van der Waals surface area contributed by atoms with Gasteiger partial charge in [0, 0.05) is 6.20 Å². The van der Waals surface area contributed by atoms with Gasteiger partial charge in [0.25, 0.3) is 0 Å². The molecule has 0 aliphatic rings. The highest BCUT2D eigenvalue weighted by atomic mass is 16.3. The smallest absolute Gasteiger partial charge is 0.143 e. The van der Waals surface area contributed by atoms with Crippen LogP contribution in [0.25, 0.3) is 11.0 Å². The SMILES string of the molecule is Cc1c[nH]c2ncnc(N[C@@H](CO)c3ccccc3)c12. The first kappa shape index (κ1) is 12.6. The van der Waals surface area contributed by atoms with Crippen LogP contribution in [0.1, 0.15) is 17.2 Å². The number of fused-ring (bicyclic) bond motifs is 1. The topological polar surface area (TPSA) is 73.8 Å². The van der Waals surface area contributed by atoms with Crippen molar-refractivity contribution >= 4 is 16.9 Å². The molecule has 3 aromatic rings. The molecule has 0 aliphatic heterocycles. The predicted molar refractivity (Wildman–Crippen MR) is 78.5 cm³/mol. The second-order valence-electron chi connectivity index (χ2n) is 4.71. The number of H-pyrrole nitrogens is 1. The third-order valence-corrected chi connectivity index (χ3v) is 3.36. The van der Waals surface area contributed by atoms with Crippen LogP contribution in [0.4, 0.5) is 5.82 Å². The first-order chi connectivity index (χ1) is 9.79. The average molecular weight is 268 g/mol. The van der Waals surface area contributed by atoms with Crippen LogP contribution >= 0.6 is 0 Å². The number of aromatic nitrogens is 3. The molecule has 2 aromatic heterocycles. The van der Waals surface area contributed by atoms with Crippen molar-refractivity contribution in [2.75, 3.05) is 11.9 Å². The molecule has 0 radical (unpaired) electrons. The molecule has 0 amide bonds. The molecule has 5 nitrogen and oxygen atoms in total. The van der Waals surface area contributed by atoms with Gasteiger partial charge in [-0.2, -0.15) is 0 Å². The predicted octanol–water partition coefficient (Wildman–Crippen LogP) is 2.41. The van der Waals surface area contributed by atoms with E-state index in [0.717, 1.165) is 28.0 Å². The summed E-state index contributed by atoms with van der Waals surface area (Å²) in [6.07, 6.45) is 3.42. The van der Waals surface area contributed by atoms with Gasteiger partial charge in [0.1, 0.15) is 17.8 Å². The summed E-state index contributed by atoms with van der Waals surface area (Å²) >= 11 is 0. The maximum absolute atomic E-state index is 9.62. The molecule has 0 unspecified atom stereocenters. The number of hydrogen-bond donors (Lipinski definition) is 3. The van der Waals surface area contributed by atoms with Crippen LogP contribution in [0.3, 0.4) is 0 Å². The lowest BCUT2D eigenvalue weighted by molar-refractivity contribution is 0.276. The second kappa shape index (κ2) is 5.30. The van der Waals surface area contributed by atoms with Crippen molar-refractivity contribution in [1.29, 1.82) is 0 Å². The third kappa shape index (κ3) is 2.23. The standard InChI is InChI=1S/C15H16N4O/c1-10-7-16-14-13(10)15(18-9-17-14)19-12(8-20)11-5-3-2-4-6-11/h2-7,9,12,20H,8H2,1H3,(H2,16,17,18,19)/t12-/m0/s1. The number of aliphatic hydroxyl groups is 1. The number of nitrogens with zero attached hydrogens (tertiary/aromatic N) is 2. The van der Waals surface area contributed by atoms with E-state index in [-0.39, 0.29) is 12.6 Å². The van der Waals surface area contributed by atoms with E-state index < -0.39 is 0 Å². The van der Waals surface area contributed by atoms with Gasteiger partial charge in [-0.25, -0.2) is 9.97 Å². The van der Waals surface area contributed by atoms with Gasteiger partial charge in [-0.15, -0.1) is 0 Å². The molecular formula is C15H16N4O. The van der Waals surface area contributed by atoms with Gasteiger partial charge in [0.15, 0.2) is 0 Å². The number of nitrogens with one attached hydrogen (secondary N) is 2. The fraction of sp³-hybridized carbons (Fsp3) is 0.200. The van der Waals surface area contributed by atoms with Gasteiger partial charge < -0.3 is 15.4 Å². The Morgan fingerprint density at radius 3 is 2.80 bits per heavy atom.